The Kier molecular flexibility index (Phi) is 9.85. The van der Waals surface area contributed by atoms with E-state index in [0.717, 1.165) is 39.0 Å². The van der Waals surface area contributed by atoms with Gasteiger partial charge in [-0.3, -0.25) is 0 Å². The van der Waals surface area contributed by atoms with Crippen molar-refractivity contribution in [3.05, 3.63) is 178 Å². The molecule has 2 aromatic carbocycles. The van der Waals surface area contributed by atoms with Gasteiger partial charge in [-0.25, -0.2) is 4.79 Å². The molecule has 0 radical (unpaired) electrons. The summed E-state index contributed by atoms with van der Waals surface area (Å²) >= 11 is 0. The zero-order valence-corrected chi connectivity index (χ0v) is 23.7. The van der Waals surface area contributed by atoms with E-state index in [1.165, 1.54) is 12.7 Å². The van der Waals surface area contributed by atoms with E-state index in [0.29, 0.717) is 11.5 Å². The Bertz CT molecular complexity index is 1530. The SMILES string of the molecule is COC(=O)C1=C(/C=C\C=C\c2ccccc2)C=CC(/C=C/C=C/c2ccccc2)=C2C=C(C(C)C)C=CC(C)=C21. The molecule has 0 saturated heterocycles. The van der Waals surface area contributed by atoms with Crippen molar-refractivity contribution in [2.45, 2.75) is 20.8 Å². The van der Waals surface area contributed by atoms with Crippen LogP contribution in [-0.4, -0.2) is 13.1 Å². The summed E-state index contributed by atoms with van der Waals surface area (Å²) in [5.41, 5.74) is 8.77. The van der Waals surface area contributed by atoms with E-state index in [2.05, 4.69) is 87.6 Å². The number of hydrogen-bond donors (Lipinski definition) is 0. The van der Waals surface area contributed by atoms with Crippen molar-refractivity contribution in [2.24, 2.45) is 5.92 Å². The lowest BCUT2D eigenvalue weighted by atomic mass is 9.88. The van der Waals surface area contributed by atoms with Crippen molar-refractivity contribution in [1.82, 2.24) is 0 Å². The molecule has 0 amide bonds. The molecule has 0 spiro atoms. The quantitative estimate of drug-likeness (QED) is 0.254. The number of esters is 1. The highest BCUT2D eigenvalue weighted by molar-refractivity contribution is 5.99. The summed E-state index contributed by atoms with van der Waals surface area (Å²) in [6.07, 6.45) is 26.8. The summed E-state index contributed by atoms with van der Waals surface area (Å²) in [4.78, 5) is 13.3. The lowest BCUT2D eigenvalue weighted by Gasteiger charge is -2.16. The van der Waals surface area contributed by atoms with E-state index in [1.807, 2.05) is 72.9 Å². The average Bonchev–Trinajstić information content (AvgIpc) is 3.23. The zero-order valence-electron chi connectivity index (χ0n) is 23.7. The van der Waals surface area contributed by atoms with Gasteiger partial charge in [0, 0.05) is 5.57 Å². The molecule has 2 aliphatic carbocycles. The smallest absolute Gasteiger partial charge is 0.339 e. The lowest BCUT2D eigenvalue weighted by molar-refractivity contribution is -0.135. The highest BCUT2D eigenvalue weighted by Crippen LogP contribution is 2.38. The van der Waals surface area contributed by atoms with E-state index in [4.69, 9.17) is 4.74 Å². The molecule has 2 heteroatoms. The van der Waals surface area contributed by atoms with Crippen molar-refractivity contribution < 1.29 is 9.53 Å². The third-order valence-corrected chi connectivity index (χ3v) is 6.80. The highest BCUT2D eigenvalue weighted by Gasteiger charge is 2.26. The molecule has 4 rings (SSSR count). The Morgan fingerprint density at radius 3 is 1.77 bits per heavy atom. The van der Waals surface area contributed by atoms with Gasteiger partial charge in [-0.05, 0) is 51.8 Å². The molecule has 0 heterocycles. The Morgan fingerprint density at radius 1 is 0.700 bits per heavy atom. The molecule has 0 N–H and O–H groups in total. The van der Waals surface area contributed by atoms with E-state index in [-0.39, 0.29) is 5.97 Å². The molecule has 200 valence electrons. The topological polar surface area (TPSA) is 26.3 Å². The van der Waals surface area contributed by atoms with Gasteiger partial charge in [0.15, 0.2) is 0 Å². The second kappa shape index (κ2) is 13.9. The van der Waals surface area contributed by atoms with Crippen LogP contribution in [0.5, 0.6) is 0 Å². The first-order valence-corrected chi connectivity index (χ1v) is 13.6. The van der Waals surface area contributed by atoms with Gasteiger partial charge in [0.2, 0.25) is 0 Å². The third kappa shape index (κ3) is 7.24. The Labute approximate surface area is 238 Å². The number of allylic oxidation sites excluding steroid dienone is 16. The molecule has 40 heavy (non-hydrogen) atoms. The molecule has 2 aliphatic rings. The molecule has 0 bridgehead atoms. The summed E-state index contributed by atoms with van der Waals surface area (Å²) in [5.74, 6) is -0.0217. The maximum absolute atomic E-state index is 13.3. The van der Waals surface area contributed by atoms with Gasteiger partial charge in [0.05, 0.1) is 12.7 Å². The van der Waals surface area contributed by atoms with Gasteiger partial charge in [0.25, 0.3) is 0 Å². The monoisotopic (exact) mass is 524 g/mol. The highest BCUT2D eigenvalue weighted by atomic mass is 16.5. The number of carbonyl (C=O) groups is 1. The normalized spacial score (nSPS) is 16.1. The van der Waals surface area contributed by atoms with Crippen LogP contribution in [0, 0.1) is 5.92 Å². The van der Waals surface area contributed by atoms with Crippen molar-refractivity contribution in [2.75, 3.05) is 7.11 Å². The van der Waals surface area contributed by atoms with Crippen LogP contribution in [0.3, 0.4) is 0 Å². The summed E-state index contributed by atoms with van der Waals surface area (Å²) in [7, 11) is 1.44. The van der Waals surface area contributed by atoms with E-state index in [1.54, 1.807) is 0 Å². The number of ether oxygens (including phenoxy) is 1. The maximum Gasteiger partial charge on any atom is 0.339 e. The van der Waals surface area contributed by atoms with Crippen LogP contribution in [0.25, 0.3) is 12.2 Å². The Balaban J connectivity index is 1.81. The van der Waals surface area contributed by atoms with Crippen LogP contribution in [0.4, 0.5) is 0 Å². The molecule has 0 aliphatic heterocycles. The molecule has 0 fully saturated rings. The summed E-state index contributed by atoms with van der Waals surface area (Å²) in [6.45, 7) is 6.43. The van der Waals surface area contributed by atoms with Gasteiger partial charge >= 0.3 is 5.97 Å². The Morgan fingerprint density at radius 2 is 1.23 bits per heavy atom. The molecule has 2 nitrogen and oxygen atoms in total. The largest absolute Gasteiger partial charge is 0.465 e. The first-order chi connectivity index (χ1) is 19.5. The van der Waals surface area contributed by atoms with Crippen LogP contribution < -0.4 is 0 Å². The van der Waals surface area contributed by atoms with Crippen molar-refractivity contribution in [1.29, 1.82) is 0 Å². The molecule has 0 unspecified atom stereocenters. The van der Waals surface area contributed by atoms with Gasteiger partial charge in [0.1, 0.15) is 0 Å². The fourth-order valence-corrected chi connectivity index (χ4v) is 4.61. The lowest BCUT2D eigenvalue weighted by Crippen LogP contribution is -2.11. The van der Waals surface area contributed by atoms with E-state index in [9.17, 15) is 4.79 Å². The van der Waals surface area contributed by atoms with Crippen LogP contribution in [-0.2, 0) is 9.53 Å². The second-order valence-electron chi connectivity index (χ2n) is 9.97. The number of methoxy groups -OCH3 is 1. The summed E-state index contributed by atoms with van der Waals surface area (Å²) in [6, 6.07) is 20.4. The fraction of sp³-hybridized carbons (Fsp3) is 0.132. The average molecular weight is 525 g/mol. The third-order valence-electron chi connectivity index (χ3n) is 6.80. The first-order valence-electron chi connectivity index (χ1n) is 13.6. The molecule has 2 aromatic rings. The zero-order chi connectivity index (χ0) is 28.3. The predicted octanol–water partition coefficient (Wildman–Crippen LogP) is 9.33. The Hall–Kier alpha value is -4.69. The van der Waals surface area contributed by atoms with Crippen LogP contribution in [0.15, 0.2) is 167 Å². The summed E-state index contributed by atoms with van der Waals surface area (Å²) in [5, 5.41) is 0. The van der Waals surface area contributed by atoms with Crippen molar-refractivity contribution in [3.8, 4) is 0 Å². The number of carbonyl (C=O) groups excluding carboxylic acids is 1. The predicted molar refractivity (Wildman–Crippen MR) is 169 cm³/mol. The van der Waals surface area contributed by atoms with Gasteiger partial charge in [-0.2, -0.15) is 0 Å². The van der Waals surface area contributed by atoms with E-state index >= 15 is 0 Å². The summed E-state index contributed by atoms with van der Waals surface area (Å²) < 4.78 is 5.33. The van der Waals surface area contributed by atoms with Crippen molar-refractivity contribution in [3.63, 3.8) is 0 Å². The first kappa shape index (κ1) is 28.3. The standard InChI is InChI=1S/C38H36O2/c1-28(2)34-24-23-29(3)36-35(27-34)32(21-13-11-19-30-15-7-5-8-16-30)25-26-33(37(36)38(39)40-4)22-14-12-20-31-17-9-6-10-18-31/h5-28H,1-4H3/b19-11+,20-12+,21-13+,22-14-. The second-order valence-corrected chi connectivity index (χ2v) is 9.97. The van der Waals surface area contributed by atoms with Gasteiger partial charge < -0.3 is 4.74 Å². The molecular weight excluding hydrogens is 488 g/mol. The van der Waals surface area contributed by atoms with Crippen LogP contribution in [0.1, 0.15) is 31.9 Å². The van der Waals surface area contributed by atoms with E-state index < -0.39 is 0 Å². The minimum atomic E-state index is -0.354. The van der Waals surface area contributed by atoms with Gasteiger partial charge in [-0.15, -0.1) is 0 Å². The maximum atomic E-state index is 13.3. The number of hydrogen-bond acceptors (Lipinski definition) is 2. The minimum absolute atomic E-state index is 0.333. The molecule has 0 atom stereocenters. The van der Waals surface area contributed by atoms with Crippen LogP contribution >= 0.6 is 0 Å². The van der Waals surface area contributed by atoms with Crippen LogP contribution in [0.2, 0.25) is 0 Å². The number of fused-ring (bicyclic) bond motifs is 1. The molecule has 0 saturated carbocycles. The number of rotatable bonds is 8. The van der Waals surface area contributed by atoms with Gasteiger partial charge in [-0.1, -0.05) is 153 Å². The molecule has 0 aromatic heterocycles. The molecular formula is C38H36O2. The fourth-order valence-electron chi connectivity index (χ4n) is 4.61. The van der Waals surface area contributed by atoms with Crippen molar-refractivity contribution >= 4 is 18.1 Å². The number of benzene rings is 2. The minimum Gasteiger partial charge on any atom is -0.465 e.